The fourth-order valence-corrected chi connectivity index (χ4v) is 3.87. The predicted molar refractivity (Wildman–Crippen MR) is 122 cm³/mol. The van der Waals surface area contributed by atoms with Gasteiger partial charge in [0.1, 0.15) is 0 Å². The maximum Gasteiger partial charge on any atom is 0.193 e. The normalized spacial score (nSPS) is 23.3. The van der Waals surface area contributed by atoms with Gasteiger partial charge in [0.2, 0.25) is 0 Å². The SMILES string of the molecule is CN=C(NCCCN(C)C)N1CC2OCCN(Cc3ccccc3)C2C1.I. The highest BCUT2D eigenvalue weighted by Crippen LogP contribution is 2.24. The average Bonchev–Trinajstić information content (AvgIpc) is 3.07. The molecule has 2 aliphatic rings. The Labute approximate surface area is 181 Å². The van der Waals surface area contributed by atoms with Crippen LogP contribution in [0.3, 0.4) is 0 Å². The van der Waals surface area contributed by atoms with Crippen LogP contribution in [0.1, 0.15) is 12.0 Å². The number of hydrogen-bond acceptors (Lipinski definition) is 4. The Kier molecular flexibility index (Phi) is 9.28. The molecule has 0 radical (unpaired) electrons. The van der Waals surface area contributed by atoms with E-state index in [4.69, 9.17) is 4.74 Å². The number of nitrogens with one attached hydrogen (secondary N) is 1. The molecule has 1 aromatic rings. The first kappa shape index (κ1) is 22.4. The molecular formula is C20H34IN5O. The van der Waals surface area contributed by atoms with Gasteiger partial charge in [0.15, 0.2) is 5.96 Å². The van der Waals surface area contributed by atoms with Gasteiger partial charge in [-0.05, 0) is 32.6 Å². The van der Waals surface area contributed by atoms with E-state index in [-0.39, 0.29) is 30.1 Å². The van der Waals surface area contributed by atoms with Gasteiger partial charge in [-0.3, -0.25) is 9.89 Å². The fourth-order valence-electron chi connectivity index (χ4n) is 3.87. The van der Waals surface area contributed by atoms with Gasteiger partial charge < -0.3 is 19.9 Å². The third-order valence-electron chi connectivity index (χ3n) is 5.22. The van der Waals surface area contributed by atoms with E-state index in [0.29, 0.717) is 6.04 Å². The quantitative estimate of drug-likeness (QED) is 0.287. The van der Waals surface area contributed by atoms with E-state index in [9.17, 15) is 0 Å². The zero-order valence-corrected chi connectivity index (χ0v) is 19.1. The molecule has 1 aromatic carbocycles. The van der Waals surface area contributed by atoms with Gasteiger partial charge in [0, 0.05) is 39.8 Å². The van der Waals surface area contributed by atoms with Crippen LogP contribution in [-0.2, 0) is 11.3 Å². The topological polar surface area (TPSA) is 43.3 Å². The molecule has 0 aliphatic carbocycles. The Morgan fingerprint density at radius 2 is 2.04 bits per heavy atom. The molecule has 0 amide bonds. The molecule has 0 saturated carbocycles. The van der Waals surface area contributed by atoms with Crippen molar-refractivity contribution in [1.29, 1.82) is 0 Å². The van der Waals surface area contributed by atoms with Gasteiger partial charge in [0.05, 0.1) is 18.8 Å². The van der Waals surface area contributed by atoms with Gasteiger partial charge in [0.25, 0.3) is 0 Å². The first-order valence-corrected chi connectivity index (χ1v) is 9.67. The minimum absolute atomic E-state index is 0. The van der Waals surface area contributed by atoms with Crippen molar-refractivity contribution in [1.82, 2.24) is 20.0 Å². The zero-order chi connectivity index (χ0) is 18.4. The summed E-state index contributed by atoms with van der Waals surface area (Å²) in [5.41, 5.74) is 1.37. The molecule has 6 nitrogen and oxygen atoms in total. The Bertz CT molecular complexity index is 583. The Hall–Kier alpha value is -0.900. The van der Waals surface area contributed by atoms with Crippen molar-refractivity contribution in [3.05, 3.63) is 35.9 Å². The summed E-state index contributed by atoms with van der Waals surface area (Å²) in [5.74, 6) is 1.00. The molecule has 0 bridgehead atoms. The Morgan fingerprint density at radius 3 is 2.74 bits per heavy atom. The maximum absolute atomic E-state index is 6.08. The van der Waals surface area contributed by atoms with E-state index in [2.05, 4.69) is 69.4 Å². The van der Waals surface area contributed by atoms with Crippen LogP contribution in [0.5, 0.6) is 0 Å². The lowest BCUT2D eigenvalue weighted by Gasteiger charge is -2.36. The number of aliphatic imine (C=N–C) groups is 1. The maximum atomic E-state index is 6.08. The van der Waals surface area contributed by atoms with Crippen molar-refractivity contribution in [2.45, 2.75) is 25.1 Å². The van der Waals surface area contributed by atoms with Gasteiger partial charge in [-0.25, -0.2) is 0 Å². The summed E-state index contributed by atoms with van der Waals surface area (Å²) >= 11 is 0. The summed E-state index contributed by atoms with van der Waals surface area (Å²) < 4.78 is 6.08. The second kappa shape index (κ2) is 11.2. The molecule has 152 valence electrons. The summed E-state index contributed by atoms with van der Waals surface area (Å²) in [5, 5.41) is 3.52. The van der Waals surface area contributed by atoms with Crippen molar-refractivity contribution < 1.29 is 4.74 Å². The minimum atomic E-state index is 0. The van der Waals surface area contributed by atoms with Crippen LogP contribution < -0.4 is 5.32 Å². The number of benzene rings is 1. The third-order valence-corrected chi connectivity index (χ3v) is 5.22. The number of hydrogen-bond donors (Lipinski definition) is 1. The molecule has 27 heavy (non-hydrogen) atoms. The fraction of sp³-hybridized carbons (Fsp3) is 0.650. The molecule has 2 atom stereocenters. The van der Waals surface area contributed by atoms with Gasteiger partial charge >= 0.3 is 0 Å². The van der Waals surface area contributed by atoms with E-state index >= 15 is 0 Å². The van der Waals surface area contributed by atoms with E-state index in [1.54, 1.807) is 0 Å². The third kappa shape index (κ3) is 6.30. The van der Waals surface area contributed by atoms with Crippen molar-refractivity contribution in [2.75, 3.05) is 60.5 Å². The Balaban J connectivity index is 0.00000261. The van der Waals surface area contributed by atoms with Crippen LogP contribution in [-0.4, -0.2) is 93.3 Å². The van der Waals surface area contributed by atoms with Crippen LogP contribution in [0, 0.1) is 0 Å². The van der Waals surface area contributed by atoms with E-state index in [0.717, 1.165) is 58.3 Å². The number of likely N-dealkylation sites (tertiary alicyclic amines) is 1. The predicted octanol–water partition coefficient (Wildman–Crippen LogP) is 1.72. The second-order valence-electron chi connectivity index (χ2n) is 7.47. The van der Waals surface area contributed by atoms with Gasteiger partial charge in [-0.15, -0.1) is 24.0 Å². The number of morpholine rings is 1. The highest BCUT2D eigenvalue weighted by molar-refractivity contribution is 14.0. The highest BCUT2D eigenvalue weighted by Gasteiger charge is 2.41. The highest BCUT2D eigenvalue weighted by atomic mass is 127. The van der Waals surface area contributed by atoms with Crippen LogP contribution in [0.15, 0.2) is 35.3 Å². The number of rotatable bonds is 6. The number of nitrogens with zero attached hydrogens (tertiary/aromatic N) is 4. The second-order valence-corrected chi connectivity index (χ2v) is 7.47. The van der Waals surface area contributed by atoms with Crippen molar-refractivity contribution in [3.8, 4) is 0 Å². The lowest BCUT2D eigenvalue weighted by Crippen LogP contribution is -2.50. The van der Waals surface area contributed by atoms with Crippen LogP contribution in [0.2, 0.25) is 0 Å². The summed E-state index contributed by atoms with van der Waals surface area (Å²) in [7, 11) is 6.09. The van der Waals surface area contributed by atoms with Gasteiger partial charge in [-0.2, -0.15) is 0 Å². The van der Waals surface area contributed by atoms with Gasteiger partial charge in [-0.1, -0.05) is 30.3 Å². The number of fused-ring (bicyclic) bond motifs is 1. The molecule has 0 spiro atoms. The van der Waals surface area contributed by atoms with E-state index < -0.39 is 0 Å². The molecule has 2 aliphatic heterocycles. The standard InChI is InChI=1S/C20H33N5O.HI/c1-21-20(22-10-7-11-23(2)3)25-15-18-19(16-25)26-13-12-24(18)14-17-8-5-4-6-9-17;/h4-6,8-9,18-19H,7,10-16H2,1-3H3,(H,21,22);1H. The monoisotopic (exact) mass is 487 g/mol. The van der Waals surface area contributed by atoms with Crippen molar-refractivity contribution in [2.24, 2.45) is 4.99 Å². The summed E-state index contributed by atoms with van der Waals surface area (Å²) in [4.78, 5) is 11.6. The summed E-state index contributed by atoms with van der Waals surface area (Å²) in [6, 6.07) is 11.2. The lowest BCUT2D eigenvalue weighted by atomic mass is 10.1. The first-order valence-electron chi connectivity index (χ1n) is 9.67. The lowest BCUT2D eigenvalue weighted by molar-refractivity contribution is -0.0502. The first-order chi connectivity index (χ1) is 12.7. The van der Waals surface area contributed by atoms with Crippen molar-refractivity contribution >= 4 is 29.9 Å². The molecule has 3 rings (SSSR count). The Morgan fingerprint density at radius 1 is 1.26 bits per heavy atom. The molecule has 2 unspecified atom stereocenters. The van der Waals surface area contributed by atoms with Crippen LogP contribution in [0.25, 0.3) is 0 Å². The average molecular weight is 487 g/mol. The number of ether oxygens (including phenoxy) is 1. The summed E-state index contributed by atoms with van der Waals surface area (Å²) in [6.07, 6.45) is 1.39. The van der Waals surface area contributed by atoms with E-state index in [1.807, 2.05) is 7.05 Å². The molecule has 2 saturated heterocycles. The van der Waals surface area contributed by atoms with Crippen LogP contribution in [0.4, 0.5) is 0 Å². The molecule has 1 N–H and O–H groups in total. The molecule has 7 heteroatoms. The van der Waals surface area contributed by atoms with Crippen molar-refractivity contribution in [3.63, 3.8) is 0 Å². The zero-order valence-electron chi connectivity index (χ0n) is 16.8. The minimum Gasteiger partial charge on any atom is -0.373 e. The molecule has 2 fully saturated rings. The smallest absolute Gasteiger partial charge is 0.193 e. The van der Waals surface area contributed by atoms with E-state index in [1.165, 1.54) is 5.56 Å². The molecule has 0 aromatic heterocycles. The molecule has 2 heterocycles. The number of guanidine groups is 1. The number of halogens is 1. The molecular weight excluding hydrogens is 453 g/mol. The van der Waals surface area contributed by atoms with Crippen LogP contribution >= 0.6 is 24.0 Å². The summed E-state index contributed by atoms with van der Waals surface area (Å²) in [6.45, 7) is 6.74. The largest absolute Gasteiger partial charge is 0.373 e.